The van der Waals surface area contributed by atoms with E-state index in [1.165, 1.54) is 29.3 Å². The highest BCUT2D eigenvalue weighted by molar-refractivity contribution is 7.05. The third kappa shape index (κ3) is 3.91. The lowest BCUT2D eigenvalue weighted by Crippen LogP contribution is -2.53. The van der Waals surface area contributed by atoms with Crippen LogP contribution >= 0.6 is 11.5 Å². The first kappa shape index (κ1) is 16.8. The Hall–Kier alpha value is -1.01. The van der Waals surface area contributed by atoms with Crippen molar-refractivity contribution in [3.05, 3.63) is 10.6 Å². The van der Waals surface area contributed by atoms with Crippen LogP contribution in [0.3, 0.4) is 0 Å². The number of hydrogen-bond acceptors (Lipinski definition) is 5. The van der Waals surface area contributed by atoms with Gasteiger partial charge >= 0.3 is 0 Å². The quantitative estimate of drug-likeness (QED) is 0.829. The molecule has 0 N–H and O–H groups in total. The van der Waals surface area contributed by atoms with Gasteiger partial charge in [0, 0.05) is 38.0 Å². The number of aromatic nitrogens is 2. The van der Waals surface area contributed by atoms with Crippen molar-refractivity contribution in [2.45, 2.75) is 58.9 Å². The van der Waals surface area contributed by atoms with Gasteiger partial charge in [-0.05, 0) is 50.7 Å². The highest BCUT2D eigenvalue weighted by Gasteiger charge is 2.41. The summed E-state index contributed by atoms with van der Waals surface area (Å²) in [5.74, 6) is 0.365. The molecule has 3 heterocycles. The fourth-order valence-electron chi connectivity index (χ4n) is 4.03. The summed E-state index contributed by atoms with van der Waals surface area (Å²) in [6.07, 6.45) is 6.57. The zero-order chi connectivity index (χ0) is 16.3. The molecule has 1 amide bonds. The van der Waals surface area contributed by atoms with E-state index in [0.717, 1.165) is 64.1 Å². The van der Waals surface area contributed by atoms with Crippen molar-refractivity contribution in [1.82, 2.24) is 19.4 Å². The van der Waals surface area contributed by atoms with Gasteiger partial charge in [-0.3, -0.25) is 9.69 Å². The molecule has 128 valence electrons. The summed E-state index contributed by atoms with van der Waals surface area (Å²) in [5.41, 5.74) is 1.38. The summed E-state index contributed by atoms with van der Waals surface area (Å²) < 4.78 is 4.06. The van der Waals surface area contributed by atoms with Crippen LogP contribution in [0.1, 0.15) is 56.0 Å². The zero-order valence-corrected chi connectivity index (χ0v) is 15.2. The van der Waals surface area contributed by atoms with E-state index in [1.54, 1.807) is 0 Å². The first-order valence-corrected chi connectivity index (χ1v) is 9.67. The van der Waals surface area contributed by atoms with E-state index in [9.17, 15) is 4.79 Å². The van der Waals surface area contributed by atoms with E-state index in [4.69, 9.17) is 0 Å². The molecule has 0 aliphatic carbocycles. The maximum absolute atomic E-state index is 12.2. The molecule has 3 rings (SSSR count). The van der Waals surface area contributed by atoms with Crippen LogP contribution in [0.2, 0.25) is 0 Å². The van der Waals surface area contributed by atoms with E-state index in [2.05, 4.69) is 26.3 Å². The third-order valence-electron chi connectivity index (χ3n) is 5.38. The van der Waals surface area contributed by atoms with Crippen molar-refractivity contribution in [3.8, 4) is 0 Å². The summed E-state index contributed by atoms with van der Waals surface area (Å²) in [5, 5.41) is 4.13. The summed E-state index contributed by atoms with van der Waals surface area (Å²) in [7, 11) is 0. The van der Waals surface area contributed by atoms with Gasteiger partial charge in [-0.1, -0.05) is 17.8 Å². The van der Waals surface area contributed by atoms with Crippen LogP contribution in [0.25, 0.3) is 0 Å². The standard InChI is InChI=1S/C17H28N4OS/c1-3-4-10-21-13-17(8-6-16(21)22)7-5-9-20(12-17)11-15-14(2)18-19-23-15/h3-13H2,1-2H3. The Morgan fingerprint density at radius 3 is 2.91 bits per heavy atom. The fourth-order valence-corrected chi connectivity index (χ4v) is 4.71. The Bertz CT molecular complexity index is 546. The van der Waals surface area contributed by atoms with Gasteiger partial charge in [-0.15, -0.1) is 5.10 Å². The van der Waals surface area contributed by atoms with E-state index in [0.29, 0.717) is 11.3 Å². The lowest BCUT2D eigenvalue weighted by Gasteiger charge is -2.48. The minimum atomic E-state index is 0.311. The zero-order valence-electron chi connectivity index (χ0n) is 14.4. The Morgan fingerprint density at radius 2 is 2.17 bits per heavy atom. The lowest BCUT2D eigenvalue weighted by atomic mass is 9.73. The highest BCUT2D eigenvalue weighted by atomic mass is 32.1. The Kier molecular flexibility index (Phi) is 5.31. The van der Waals surface area contributed by atoms with Crippen LogP contribution in [-0.2, 0) is 11.3 Å². The van der Waals surface area contributed by atoms with Crippen molar-refractivity contribution in [1.29, 1.82) is 0 Å². The molecular formula is C17H28N4OS. The van der Waals surface area contributed by atoms with E-state index >= 15 is 0 Å². The first-order valence-electron chi connectivity index (χ1n) is 8.90. The molecule has 0 bridgehead atoms. The number of carbonyl (C=O) groups is 1. The number of rotatable bonds is 5. The van der Waals surface area contributed by atoms with Crippen LogP contribution in [-0.4, -0.2) is 51.5 Å². The van der Waals surface area contributed by atoms with Gasteiger partial charge in [0.1, 0.15) is 0 Å². The molecule has 2 saturated heterocycles. The average Bonchev–Trinajstić information content (AvgIpc) is 2.94. The third-order valence-corrected chi connectivity index (χ3v) is 6.19. The normalized spacial score (nSPS) is 26.2. The summed E-state index contributed by atoms with van der Waals surface area (Å²) in [6, 6.07) is 0. The van der Waals surface area contributed by atoms with Crippen LogP contribution in [0.4, 0.5) is 0 Å². The van der Waals surface area contributed by atoms with Gasteiger partial charge in [0.05, 0.1) is 10.6 Å². The Morgan fingerprint density at radius 1 is 1.30 bits per heavy atom. The number of nitrogens with zero attached hydrogens (tertiary/aromatic N) is 4. The number of carbonyl (C=O) groups excluding carboxylic acids is 1. The number of piperidine rings is 2. The van der Waals surface area contributed by atoms with Gasteiger partial charge < -0.3 is 4.90 Å². The molecule has 0 saturated carbocycles. The predicted octanol–water partition coefficient (Wildman–Crippen LogP) is 2.85. The minimum Gasteiger partial charge on any atom is -0.342 e. The van der Waals surface area contributed by atoms with Gasteiger partial charge in [0.2, 0.25) is 5.91 Å². The number of likely N-dealkylation sites (tertiary alicyclic amines) is 2. The highest BCUT2D eigenvalue weighted by Crippen LogP contribution is 2.39. The SMILES string of the molecule is CCCCN1CC2(CCCN(Cc3snnc3C)C2)CCC1=O. The van der Waals surface area contributed by atoms with Crippen molar-refractivity contribution in [3.63, 3.8) is 0 Å². The van der Waals surface area contributed by atoms with Crippen LogP contribution < -0.4 is 0 Å². The summed E-state index contributed by atoms with van der Waals surface area (Å²) in [6.45, 7) is 9.37. The van der Waals surface area contributed by atoms with Crippen LogP contribution in [0, 0.1) is 12.3 Å². The van der Waals surface area contributed by atoms with E-state index in [-0.39, 0.29) is 0 Å². The average molecular weight is 337 g/mol. The first-order chi connectivity index (χ1) is 11.1. The number of unbranched alkanes of at least 4 members (excludes halogenated alkanes) is 1. The second-order valence-electron chi connectivity index (χ2n) is 7.26. The molecule has 23 heavy (non-hydrogen) atoms. The van der Waals surface area contributed by atoms with Gasteiger partial charge in [0.15, 0.2) is 0 Å². The molecule has 0 radical (unpaired) electrons. The molecule has 1 unspecified atom stereocenters. The summed E-state index contributed by atoms with van der Waals surface area (Å²) in [4.78, 5) is 18.2. The maximum atomic E-state index is 12.2. The molecule has 2 aliphatic rings. The number of hydrogen-bond donors (Lipinski definition) is 0. The molecule has 1 aromatic rings. The van der Waals surface area contributed by atoms with E-state index in [1.807, 2.05) is 6.92 Å². The van der Waals surface area contributed by atoms with Gasteiger partial charge in [-0.25, -0.2) is 0 Å². The molecule has 1 aromatic heterocycles. The molecule has 5 nitrogen and oxygen atoms in total. The largest absolute Gasteiger partial charge is 0.342 e. The van der Waals surface area contributed by atoms with Crippen LogP contribution in [0.5, 0.6) is 0 Å². The minimum absolute atomic E-state index is 0.311. The summed E-state index contributed by atoms with van der Waals surface area (Å²) >= 11 is 1.52. The fraction of sp³-hybridized carbons (Fsp3) is 0.824. The van der Waals surface area contributed by atoms with Crippen molar-refractivity contribution < 1.29 is 4.79 Å². The van der Waals surface area contributed by atoms with E-state index < -0.39 is 0 Å². The van der Waals surface area contributed by atoms with Crippen molar-refractivity contribution in [2.24, 2.45) is 5.41 Å². The van der Waals surface area contributed by atoms with Crippen LogP contribution in [0.15, 0.2) is 0 Å². The topological polar surface area (TPSA) is 49.3 Å². The molecular weight excluding hydrogens is 308 g/mol. The Balaban J connectivity index is 1.64. The van der Waals surface area contributed by atoms with Crippen molar-refractivity contribution in [2.75, 3.05) is 26.2 Å². The molecule has 2 aliphatic heterocycles. The molecule has 6 heteroatoms. The Labute approximate surface area is 143 Å². The molecule has 2 fully saturated rings. The smallest absolute Gasteiger partial charge is 0.222 e. The molecule has 1 atom stereocenters. The van der Waals surface area contributed by atoms with Gasteiger partial charge in [0.25, 0.3) is 0 Å². The second kappa shape index (κ2) is 7.26. The molecule has 1 spiro atoms. The number of aryl methyl sites for hydroxylation is 1. The van der Waals surface area contributed by atoms with Gasteiger partial charge in [-0.2, -0.15) is 0 Å². The molecule has 0 aromatic carbocycles. The second-order valence-corrected chi connectivity index (χ2v) is 8.10. The lowest BCUT2D eigenvalue weighted by molar-refractivity contribution is -0.139. The maximum Gasteiger partial charge on any atom is 0.222 e. The predicted molar refractivity (Wildman–Crippen MR) is 92.3 cm³/mol. The number of amides is 1. The monoisotopic (exact) mass is 336 g/mol. The van der Waals surface area contributed by atoms with Crippen molar-refractivity contribution >= 4 is 17.4 Å².